The molecule has 0 amide bonds. The standard InChI is InChI=1S/C50H94O4/c1-2-3-4-5-6-7-23-28-33-38-43-48(45-40-35-30-25-20-16-12-10-14-18-22-27-32-37-42-47-50(53)54)44-39-34-29-24-19-15-11-8-9-13-17-21-26-31-36-41-46-49(51)52/h9-10,13-14,48H,2-8,11-12,15-47H2,1H3,(H,51,52)(H,53,54)/b13-9-,14-10-. The number of carboxylic acids is 2. The molecule has 0 aliphatic rings. The number of unbranched alkanes of at least 4 members (excludes halogenated alkanes) is 32. The third-order valence-electron chi connectivity index (χ3n) is 11.5. The van der Waals surface area contributed by atoms with Crippen LogP contribution in [0.5, 0.6) is 0 Å². The lowest BCUT2D eigenvalue weighted by Crippen LogP contribution is -2.01. The van der Waals surface area contributed by atoms with Gasteiger partial charge in [-0.15, -0.1) is 0 Å². The molecular formula is C50H94O4. The van der Waals surface area contributed by atoms with Crippen LogP contribution in [0.2, 0.25) is 0 Å². The molecule has 0 aliphatic heterocycles. The van der Waals surface area contributed by atoms with Gasteiger partial charge in [0, 0.05) is 12.8 Å². The van der Waals surface area contributed by atoms with Gasteiger partial charge in [-0.05, 0) is 70.1 Å². The normalized spacial score (nSPS) is 12.4. The lowest BCUT2D eigenvalue weighted by molar-refractivity contribution is -0.138. The molecule has 4 heteroatoms. The van der Waals surface area contributed by atoms with Gasteiger partial charge in [0.25, 0.3) is 0 Å². The predicted molar refractivity (Wildman–Crippen MR) is 237 cm³/mol. The second-order valence-corrected chi connectivity index (χ2v) is 16.9. The summed E-state index contributed by atoms with van der Waals surface area (Å²) in [7, 11) is 0. The average Bonchev–Trinajstić information content (AvgIpc) is 3.15. The summed E-state index contributed by atoms with van der Waals surface area (Å²) in [5.74, 6) is -0.355. The second-order valence-electron chi connectivity index (χ2n) is 16.9. The molecule has 0 saturated heterocycles. The third kappa shape index (κ3) is 46.6. The Morgan fingerprint density at radius 1 is 0.333 bits per heavy atom. The summed E-state index contributed by atoms with van der Waals surface area (Å²) in [4.78, 5) is 21.1. The van der Waals surface area contributed by atoms with Crippen LogP contribution in [-0.2, 0) is 9.59 Å². The molecule has 0 aromatic rings. The largest absolute Gasteiger partial charge is 0.481 e. The lowest BCUT2D eigenvalue weighted by atomic mass is 9.89. The smallest absolute Gasteiger partial charge is 0.303 e. The zero-order valence-electron chi connectivity index (χ0n) is 36.3. The average molecular weight is 759 g/mol. The predicted octanol–water partition coefficient (Wildman–Crippen LogP) is 17.3. The molecule has 1 unspecified atom stereocenters. The summed E-state index contributed by atoms with van der Waals surface area (Å²) < 4.78 is 0. The van der Waals surface area contributed by atoms with Crippen LogP contribution in [0.3, 0.4) is 0 Å². The van der Waals surface area contributed by atoms with Crippen LogP contribution < -0.4 is 0 Å². The Balaban J connectivity index is 3.95. The van der Waals surface area contributed by atoms with Gasteiger partial charge in [-0.1, -0.05) is 224 Å². The van der Waals surface area contributed by atoms with E-state index in [0.717, 1.165) is 31.6 Å². The Labute approximate surface area is 337 Å². The summed E-state index contributed by atoms with van der Waals surface area (Å²) in [6.07, 6.45) is 63.2. The van der Waals surface area contributed by atoms with E-state index in [0.29, 0.717) is 12.8 Å². The number of rotatable bonds is 46. The van der Waals surface area contributed by atoms with Crippen LogP contribution in [0, 0.1) is 5.92 Å². The summed E-state index contributed by atoms with van der Waals surface area (Å²) in [6, 6.07) is 0. The van der Waals surface area contributed by atoms with Crippen molar-refractivity contribution in [2.75, 3.05) is 0 Å². The Morgan fingerprint density at radius 2 is 0.556 bits per heavy atom. The number of carboxylic acid groups (broad SMARTS) is 2. The van der Waals surface area contributed by atoms with Crippen molar-refractivity contribution in [3.05, 3.63) is 24.3 Å². The maximum absolute atomic E-state index is 10.6. The van der Waals surface area contributed by atoms with E-state index < -0.39 is 11.9 Å². The van der Waals surface area contributed by atoms with Crippen molar-refractivity contribution in [1.29, 1.82) is 0 Å². The monoisotopic (exact) mass is 759 g/mol. The number of carbonyl (C=O) groups is 2. The van der Waals surface area contributed by atoms with Gasteiger partial charge in [0.1, 0.15) is 0 Å². The quantitative estimate of drug-likeness (QED) is 0.0479. The van der Waals surface area contributed by atoms with E-state index in [9.17, 15) is 9.59 Å². The summed E-state index contributed by atoms with van der Waals surface area (Å²) in [5, 5.41) is 17.4. The van der Waals surface area contributed by atoms with Crippen molar-refractivity contribution in [2.45, 2.75) is 277 Å². The molecule has 2 N–H and O–H groups in total. The Bertz CT molecular complexity index is 817. The fraction of sp³-hybridized carbons (Fsp3) is 0.880. The van der Waals surface area contributed by atoms with Crippen molar-refractivity contribution in [3.63, 3.8) is 0 Å². The van der Waals surface area contributed by atoms with E-state index in [2.05, 4.69) is 31.2 Å². The highest BCUT2D eigenvalue weighted by Gasteiger charge is 2.09. The molecule has 0 radical (unpaired) electrons. The van der Waals surface area contributed by atoms with E-state index in [1.165, 1.54) is 231 Å². The van der Waals surface area contributed by atoms with E-state index >= 15 is 0 Å². The topological polar surface area (TPSA) is 74.6 Å². The van der Waals surface area contributed by atoms with Crippen LogP contribution in [-0.4, -0.2) is 22.2 Å². The molecule has 0 aromatic heterocycles. The third-order valence-corrected chi connectivity index (χ3v) is 11.5. The number of hydrogen-bond acceptors (Lipinski definition) is 2. The summed E-state index contributed by atoms with van der Waals surface area (Å²) in [6.45, 7) is 2.31. The maximum Gasteiger partial charge on any atom is 0.303 e. The fourth-order valence-electron chi connectivity index (χ4n) is 7.94. The van der Waals surface area contributed by atoms with Gasteiger partial charge in [-0.2, -0.15) is 0 Å². The van der Waals surface area contributed by atoms with E-state index in [1.807, 2.05) is 0 Å². The van der Waals surface area contributed by atoms with E-state index in [4.69, 9.17) is 10.2 Å². The van der Waals surface area contributed by atoms with Gasteiger partial charge in [0.05, 0.1) is 0 Å². The highest BCUT2D eigenvalue weighted by molar-refractivity contribution is 5.66. The fourth-order valence-corrected chi connectivity index (χ4v) is 7.94. The molecular weight excluding hydrogens is 665 g/mol. The van der Waals surface area contributed by atoms with E-state index in [-0.39, 0.29) is 0 Å². The van der Waals surface area contributed by atoms with Crippen molar-refractivity contribution in [2.24, 2.45) is 5.92 Å². The maximum atomic E-state index is 10.6. The number of allylic oxidation sites excluding steroid dienone is 4. The molecule has 0 fully saturated rings. The van der Waals surface area contributed by atoms with Crippen LogP contribution in [0.4, 0.5) is 0 Å². The SMILES string of the molecule is CCCCCCCCCCCCC(CCCCCCCC/C=C\CCCCCCCC(=O)O)CCCCCCCCC/C=C\CCCCCCCC(=O)O. The minimum absolute atomic E-state index is 0.325. The van der Waals surface area contributed by atoms with Crippen molar-refractivity contribution >= 4 is 11.9 Å². The highest BCUT2D eigenvalue weighted by atomic mass is 16.4. The summed E-state index contributed by atoms with van der Waals surface area (Å²) >= 11 is 0. The molecule has 0 rings (SSSR count). The molecule has 0 heterocycles. The van der Waals surface area contributed by atoms with Crippen molar-refractivity contribution in [1.82, 2.24) is 0 Å². The van der Waals surface area contributed by atoms with Crippen molar-refractivity contribution in [3.8, 4) is 0 Å². The van der Waals surface area contributed by atoms with E-state index in [1.54, 1.807) is 0 Å². The highest BCUT2D eigenvalue weighted by Crippen LogP contribution is 2.25. The Hall–Kier alpha value is -1.58. The van der Waals surface area contributed by atoms with Crippen LogP contribution in [0.25, 0.3) is 0 Å². The molecule has 0 saturated carbocycles. The first kappa shape index (κ1) is 52.4. The van der Waals surface area contributed by atoms with Gasteiger partial charge in [-0.25, -0.2) is 0 Å². The molecule has 318 valence electrons. The van der Waals surface area contributed by atoms with Crippen LogP contribution in [0.1, 0.15) is 277 Å². The minimum Gasteiger partial charge on any atom is -0.481 e. The van der Waals surface area contributed by atoms with Gasteiger partial charge < -0.3 is 10.2 Å². The first-order valence-corrected chi connectivity index (χ1v) is 24.3. The van der Waals surface area contributed by atoms with Gasteiger partial charge >= 0.3 is 11.9 Å². The Morgan fingerprint density at radius 3 is 0.815 bits per heavy atom. The van der Waals surface area contributed by atoms with Crippen LogP contribution in [0.15, 0.2) is 24.3 Å². The van der Waals surface area contributed by atoms with Gasteiger partial charge in [-0.3, -0.25) is 9.59 Å². The first-order valence-electron chi connectivity index (χ1n) is 24.3. The van der Waals surface area contributed by atoms with Gasteiger partial charge in [0.2, 0.25) is 0 Å². The molecule has 0 spiro atoms. The number of hydrogen-bond donors (Lipinski definition) is 2. The molecule has 0 aliphatic carbocycles. The second kappa shape index (κ2) is 45.8. The number of aliphatic carboxylic acids is 2. The molecule has 4 nitrogen and oxygen atoms in total. The lowest BCUT2D eigenvalue weighted by Gasteiger charge is -2.17. The molecule has 0 aromatic carbocycles. The first-order chi connectivity index (χ1) is 26.6. The zero-order valence-corrected chi connectivity index (χ0v) is 36.3. The Kier molecular flexibility index (Phi) is 44.5. The molecule has 0 bridgehead atoms. The molecule has 54 heavy (non-hydrogen) atoms. The van der Waals surface area contributed by atoms with Crippen molar-refractivity contribution < 1.29 is 19.8 Å². The van der Waals surface area contributed by atoms with Gasteiger partial charge in [0.15, 0.2) is 0 Å². The van der Waals surface area contributed by atoms with Crippen LogP contribution >= 0.6 is 0 Å². The molecule has 1 atom stereocenters. The zero-order chi connectivity index (χ0) is 39.3. The summed E-state index contributed by atoms with van der Waals surface area (Å²) in [5.41, 5.74) is 0. The minimum atomic E-state index is -0.663.